The molecule has 0 spiro atoms. The topological polar surface area (TPSA) is 65.0 Å². The number of benzene rings is 2. The van der Waals surface area contributed by atoms with Crippen molar-refractivity contribution < 1.29 is 24.1 Å². The molecule has 2 aromatic rings. The van der Waals surface area contributed by atoms with Crippen molar-refractivity contribution in [2.24, 2.45) is 11.8 Å². The highest BCUT2D eigenvalue weighted by Gasteiger charge is 2.52. The number of carbonyl (C=O) groups is 1. The molecule has 4 rings (SSSR count). The van der Waals surface area contributed by atoms with Crippen LogP contribution in [0, 0.1) is 11.8 Å². The van der Waals surface area contributed by atoms with Crippen LogP contribution in [-0.2, 0) is 16.0 Å². The van der Waals surface area contributed by atoms with Gasteiger partial charge in [-0.3, -0.25) is 4.79 Å². The van der Waals surface area contributed by atoms with Gasteiger partial charge in [0.1, 0.15) is 5.60 Å². The second-order valence-corrected chi connectivity index (χ2v) is 8.72. The van der Waals surface area contributed by atoms with Crippen LogP contribution in [0.1, 0.15) is 50.8 Å². The molecule has 2 aromatic carbocycles. The smallest absolute Gasteiger partial charge is 0.309 e. The third-order valence-electron chi connectivity index (χ3n) is 6.39. The molecule has 2 aliphatic rings. The van der Waals surface area contributed by atoms with Crippen molar-refractivity contribution in [1.82, 2.24) is 0 Å². The molecule has 2 heterocycles. The fraction of sp³-hybridized carbons (Fsp3) is 0.480. The number of rotatable bonds is 6. The summed E-state index contributed by atoms with van der Waals surface area (Å²) in [5.41, 5.74) is 1.60. The summed E-state index contributed by atoms with van der Waals surface area (Å²) in [5, 5.41) is 9.93. The molecule has 1 N–H and O–H groups in total. The third kappa shape index (κ3) is 3.91. The lowest BCUT2D eigenvalue weighted by Crippen LogP contribution is -2.52. The maximum Gasteiger partial charge on any atom is 0.309 e. The van der Waals surface area contributed by atoms with Crippen LogP contribution in [0.15, 0.2) is 48.5 Å². The van der Waals surface area contributed by atoms with Crippen LogP contribution in [0.3, 0.4) is 0 Å². The van der Waals surface area contributed by atoms with E-state index < -0.39 is 17.5 Å². The normalized spacial score (nSPS) is 26.8. The van der Waals surface area contributed by atoms with E-state index in [1.807, 2.05) is 57.2 Å². The first-order valence-electron chi connectivity index (χ1n) is 10.8. The van der Waals surface area contributed by atoms with E-state index >= 15 is 0 Å². The molecule has 1 fully saturated rings. The largest absolute Gasteiger partial charge is 0.490 e. The Morgan fingerprint density at radius 3 is 2.63 bits per heavy atom. The summed E-state index contributed by atoms with van der Waals surface area (Å²) in [7, 11) is 0. The minimum absolute atomic E-state index is 0.0454. The van der Waals surface area contributed by atoms with E-state index in [0.29, 0.717) is 25.2 Å². The molecule has 5 heteroatoms. The second-order valence-electron chi connectivity index (χ2n) is 8.72. The molecule has 1 saturated heterocycles. The quantitative estimate of drug-likeness (QED) is 0.723. The Balaban J connectivity index is 1.65. The molecule has 0 aliphatic carbocycles. The van der Waals surface area contributed by atoms with Gasteiger partial charge in [0.2, 0.25) is 0 Å². The number of hydrogen-bond acceptors (Lipinski definition) is 4. The lowest BCUT2D eigenvalue weighted by atomic mass is 9.71. The molecule has 2 aliphatic heterocycles. The highest BCUT2D eigenvalue weighted by molar-refractivity contribution is 5.71. The van der Waals surface area contributed by atoms with Crippen LogP contribution in [0.5, 0.6) is 11.5 Å². The minimum Gasteiger partial charge on any atom is -0.490 e. The van der Waals surface area contributed by atoms with Gasteiger partial charge >= 0.3 is 5.97 Å². The predicted octanol–water partition coefficient (Wildman–Crippen LogP) is 5.04. The summed E-state index contributed by atoms with van der Waals surface area (Å²) in [6.07, 6.45) is 1.44. The molecule has 0 aromatic heterocycles. The minimum atomic E-state index is -0.795. The van der Waals surface area contributed by atoms with E-state index in [2.05, 4.69) is 12.1 Å². The molecule has 30 heavy (non-hydrogen) atoms. The standard InChI is InChI=1S/C25H30O5/c1-4-28-21-12-8-11-17-22-19(25(2,3)30-23(17)21)15-18(24(26)27)20(29-22)14-13-16-9-6-5-7-10-16/h5-12,18-20,22H,4,13-15H2,1-3H3,(H,26,27)/t18-,19-,20-,22+/m0/s1. The predicted molar refractivity (Wildman–Crippen MR) is 114 cm³/mol. The van der Waals surface area contributed by atoms with Gasteiger partial charge in [0, 0.05) is 11.5 Å². The Hall–Kier alpha value is -2.53. The fourth-order valence-corrected chi connectivity index (χ4v) is 4.82. The van der Waals surface area contributed by atoms with E-state index in [1.165, 1.54) is 5.56 Å². The molecule has 4 atom stereocenters. The molecule has 0 unspecified atom stereocenters. The lowest BCUT2D eigenvalue weighted by molar-refractivity contribution is -0.188. The van der Waals surface area contributed by atoms with Crippen molar-refractivity contribution in [3.63, 3.8) is 0 Å². The van der Waals surface area contributed by atoms with Gasteiger partial charge in [-0.1, -0.05) is 42.5 Å². The fourth-order valence-electron chi connectivity index (χ4n) is 4.82. The highest BCUT2D eigenvalue weighted by atomic mass is 16.5. The van der Waals surface area contributed by atoms with Crippen molar-refractivity contribution in [3.8, 4) is 11.5 Å². The Morgan fingerprint density at radius 2 is 1.93 bits per heavy atom. The summed E-state index contributed by atoms with van der Waals surface area (Å²) in [6, 6.07) is 16.0. The average molecular weight is 411 g/mol. The molecule has 5 nitrogen and oxygen atoms in total. The van der Waals surface area contributed by atoms with Gasteiger partial charge in [-0.25, -0.2) is 0 Å². The zero-order valence-electron chi connectivity index (χ0n) is 17.8. The van der Waals surface area contributed by atoms with Crippen LogP contribution in [0.25, 0.3) is 0 Å². The number of aliphatic carboxylic acids is 1. The van der Waals surface area contributed by atoms with Gasteiger partial charge in [-0.2, -0.15) is 0 Å². The third-order valence-corrected chi connectivity index (χ3v) is 6.39. The first-order valence-corrected chi connectivity index (χ1v) is 10.8. The van der Waals surface area contributed by atoms with Gasteiger partial charge in [0.25, 0.3) is 0 Å². The first-order chi connectivity index (χ1) is 14.4. The molecular weight excluding hydrogens is 380 g/mol. The average Bonchev–Trinajstić information content (AvgIpc) is 2.73. The van der Waals surface area contributed by atoms with Crippen LogP contribution >= 0.6 is 0 Å². The van der Waals surface area contributed by atoms with Gasteiger partial charge in [0.05, 0.1) is 24.7 Å². The molecular formula is C25H30O5. The number of ether oxygens (including phenoxy) is 3. The SMILES string of the molecule is CCOc1cccc2c1OC(C)(C)[C@H]1C[C@H](C(=O)O)[C@H](CCc3ccccc3)O[C@H]21. The van der Waals surface area contributed by atoms with Crippen molar-refractivity contribution in [2.45, 2.75) is 57.8 Å². The molecule has 0 saturated carbocycles. The van der Waals surface area contributed by atoms with E-state index in [9.17, 15) is 9.90 Å². The summed E-state index contributed by atoms with van der Waals surface area (Å²) < 4.78 is 18.7. The van der Waals surface area contributed by atoms with Gasteiger partial charge in [-0.15, -0.1) is 0 Å². The van der Waals surface area contributed by atoms with Crippen molar-refractivity contribution in [1.29, 1.82) is 0 Å². The first kappa shape index (κ1) is 20.7. The van der Waals surface area contributed by atoms with E-state index in [1.54, 1.807) is 0 Å². The molecule has 0 bridgehead atoms. The monoisotopic (exact) mass is 410 g/mol. The van der Waals surface area contributed by atoms with Gasteiger partial charge < -0.3 is 19.3 Å². The molecule has 0 radical (unpaired) electrons. The second kappa shape index (κ2) is 8.31. The Bertz CT molecular complexity index is 892. The summed E-state index contributed by atoms with van der Waals surface area (Å²) >= 11 is 0. The maximum atomic E-state index is 12.1. The summed E-state index contributed by atoms with van der Waals surface area (Å²) in [6.45, 7) is 6.53. The van der Waals surface area contributed by atoms with Gasteiger partial charge in [-0.05, 0) is 51.7 Å². The van der Waals surface area contributed by atoms with E-state index in [0.717, 1.165) is 17.7 Å². The van der Waals surface area contributed by atoms with Crippen LogP contribution in [0.2, 0.25) is 0 Å². The van der Waals surface area contributed by atoms with Gasteiger partial charge in [0.15, 0.2) is 11.5 Å². The number of fused-ring (bicyclic) bond motifs is 3. The lowest BCUT2D eigenvalue weighted by Gasteiger charge is -2.50. The molecule has 0 amide bonds. The Kier molecular flexibility index (Phi) is 5.74. The zero-order valence-corrected chi connectivity index (χ0v) is 17.8. The number of carboxylic acid groups (broad SMARTS) is 1. The number of hydrogen-bond donors (Lipinski definition) is 1. The van der Waals surface area contributed by atoms with E-state index in [4.69, 9.17) is 14.2 Å². The number of aryl methyl sites for hydroxylation is 1. The maximum absolute atomic E-state index is 12.1. The summed E-state index contributed by atoms with van der Waals surface area (Å²) in [5.74, 6) is 0.0501. The number of para-hydroxylation sites is 1. The Labute approximate surface area is 178 Å². The van der Waals surface area contributed by atoms with Crippen molar-refractivity contribution in [3.05, 3.63) is 59.7 Å². The van der Waals surface area contributed by atoms with Crippen molar-refractivity contribution >= 4 is 5.97 Å². The van der Waals surface area contributed by atoms with Crippen molar-refractivity contribution in [2.75, 3.05) is 6.61 Å². The van der Waals surface area contributed by atoms with Crippen LogP contribution in [-0.4, -0.2) is 29.4 Å². The van der Waals surface area contributed by atoms with Crippen LogP contribution < -0.4 is 9.47 Å². The molecule has 160 valence electrons. The number of carboxylic acids is 1. The summed E-state index contributed by atoms with van der Waals surface area (Å²) in [4.78, 5) is 12.1. The van der Waals surface area contributed by atoms with Crippen LogP contribution in [0.4, 0.5) is 0 Å². The Morgan fingerprint density at radius 1 is 1.17 bits per heavy atom. The van der Waals surface area contributed by atoms with E-state index in [-0.39, 0.29) is 18.1 Å². The highest BCUT2D eigenvalue weighted by Crippen LogP contribution is 2.54. The zero-order chi connectivity index (χ0) is 21.3.